The van der Waals surface area contributed by atoms with Crippen LogP contribution in [-0.4, -0.2) is 16.1 Å². The average molecular weight is 260 g/mol. The van der Waals surface area contributed by atoms with Gasteiger partial charge in [-0.3, -0.25) is 0 Å². The van der Waals surface area contributed by atoms with Gasteiger partial charge in [0.25, 0.3) is 0 Å². The van der Waals surface area contributed by atoms with E-state index in [1.54, 1.807) is 0 Å². The van der Waals surface area contributed by atoms with Crippen LogP contribution in [0.2, 0.25) is 0 Å². The number of fused-ring (bicyclic) bond motifs is 1. The lowest BCUT2D eigenvalue weighted by molar-refractivity contribution is 0.0702. The van der Waals surface area contributed by atoms with Gasteiger partial charge in [-0.2, -0.15) is 0 Å². The third-order valence-corrected chi connectivity index (χ3v) is 3.97. The molecule has 0 radical (unpaired) electrons. The Morgan fingerprint density at radius 2 is 2.17 bits per heavy atom. The van der Waals surface area contributed by atoms with Crippen molar-refractivity contribution in [2.75, 3.05) is 5.32 Å². The van der Waals surface area contributed by atoms with Crippen molar-refractivity contribution < 1.29 is 9.90 Å². The smallest absolute Gasteiger partial charge is 0.347 e. The molecule has 5 heteroatoms. The second kappa shape index (κ2) is 4.42. The highest BCUT2D eigenvalue weighted by atomic mass is 32.1. The molecule has 1 aromatic heterocycles. The molecule has 0 fully saturated rings. The van der Waals surface area contributed by atoms with Gasteiger partial charge in [0.15, 0.2) is 5.13 Å². The van der Waals surface area contributed by atoms with Crippen LogP contribution in [0.1, 0.15) is 27.2 Å². The summed E-state index contributed by atoms with van der Waals surface area (Å²) in [4.78, 5) is 15.1. The van der Waals surface area contributed by atoms with Crippen LogP contribution < -0.4 is 5.32 Å². The molecule has 2 aromatic rings. The Morgan fingerprint density at radius 1 is 1.33 bits per heavy atom. The number of aromatic carboxylic acids is 1. The van der Waals surface area contributed by atoms with Crippen molar-refractivity contribution in [1.82, 2.24) is 4.98 Å². The van der Waals surface area contributed by atoms with Gasteiger partial charge in [-0.05, 0) is 42.5 Å². The first-order valence-electron chi connectivity index (χ1n) is 5.80. The van der Waals surface area contributed by atoms with E-state index in [0.717, 1.165) is 29.9 Å². The van der Waals surface area contributed by atoms with E-state index < -0.39 is 5.97 Å². The van der Waals surface area contributed by atoms with Crippen LogP contribution in [0.4, 0.5) is 10.8 Å². The van der Waals surface area contributed by atoms with Crippen LogP contribution in [0.15, 0.2) is 24.4 Å². The van der Waals surface area contributed by atoms with Gasteiger partial charge < -0.3 is 10.4 Å². The topological polar surface area (TPSA) is 62.2 Å². The summed E-state index contributed by atoms with van der Waals surface area (Å²) in [6.07, 6.45) is 4.89. The highest BCUT2D eigenvalue weighted by Crippen LogP contribution is 2.28. The van der Waals surface area contributed by atoms with Crippen LogP contribution >= 0.6 is 11.3 Å². The zero-order valence-electron chi connectivity index (χ0n) is 9.64. The highest BCUT2D eigenvalue weighted by Gasteiger charge is 2.12. The molecule has 1 heterocycles. The molecule has 4 nitrogen and oxygen atoms in total. The number of aryl methyl sites for hydroxylation is 2. The molecule has 0 saturated carbocycles. The number of rotatable bonds is 3. The molecule has 0 amide bonds. The van der Waals surface area contributed by atoms with E-state index in [9.17, 15) is 4.79 Å². The Kier molecular flexibility index (Phi) is 2.76. The maximum absolute atomic E-state index is 10.8. The number of aromatic nitrogens is 1. The van der Waals surface area contributed by atoms with E-state index >= 15 is 0 Å². The molecular formula is C13H12N2O2S. The number of nitrogens with one attached hydrogen (secondary N) is 1. The number of carboxylic acid groups (broad SMARTS) is 1. The summed E-state index contributed by atoms with van der Waals surface area (Å²) in [6, 6.07) is 6.28. The molecule has 18 heavy (non-hydrogen) atoms. The van der Waals surface area contributed by atoms with Gasteiger partial charge in [-0.15, -0.1) is 0 Å². The first kappa shape index (κ1) is 11.2. The standard InChI is InChI=1S/C13H12N2O2S/c16-12(17)11-7-14-13(18-11)15-10-5-4-8-2-1-3-9(8)6-10/h4-7H,1-3H2,(H,14,15)(H,16,17). The molecule has 2 N–H and O–H groups in total. The van der Waals surface area contributed by atoms with E-state index in [1.807, 2.05) is 6.07 Å². The van der Waals surface area contributed by atoms with Crippen LogP contribution in [0.3, 0.4) is 0 Å². The van der Waals surface area contributed by atoms with Crippen LogP contribution in [0.5, 0.6) is 0 Å². The largest absolute Gasteiger partial charge is 0.477 e. The van der Waals surface area contributed by atoms with Gasteiger partial charge in [0.05, 0.1) is 6.20 Å². The number of thiazole rings is 1. The normalized spacial score (nSPS) is 13.3. The Hall–Kier alpha value is -1.88. The predicted octanol–water partition coefficient (Wildman–Crippen LogP) is 3.07. The van der Waals surface area contributed by atoms with Crippen LogP contribution in [0, 0.1) is 0 Å². The number of carboxylic acids is 1. The monoisotopic (exact) mass is 260 g/mol. The Bertz CT molecular complexity index is 607. The molecule has 1 aromatic carbocycles. The fourth-order valence-electron chi connectivity index (χ4n) is 2.20. The Morgan fingerprint density at radius 3 is 2.94 bits per heavy atom. The summed E-state index contributed by atoms with van der Waals surface area (Å²) in [5.41, 5.74) is 3.78. The minimum absolute atomic E-state index is 0.249. The Labute approximate surface area is 108 Å². The molecule has 1 aliphatic rings. The lowest BCUT2D eigenvalue weighted by Gasteiger charge is -2.05. The van der Waals surface area contributed by atoms with Gasteiger partial charge >= 0.3 is 5.97 Å². The third-order valence-electron chi connectivity index (χ3n) is 3.07. The number of anilines is 2. The number of carbonyl (C=O) groups is 1. The van der Waals surface area contributed by atoms with Crippen LogP contribution in [-0.2, 0) is 12.8 Å². The first-order valence-corrected chi connectivity index (χ1v) is 6.62. The Balaban J connectivity index is 1.81. The summed E-state index contributed by atoms with van der Waals surface area (Å²) < 4.78 is 0. The molecular weight excluding hydrogens is 248 g/mol. The molecule has 1 aliphatic carbocycles. The van der Waals surface area contributed by atoms with Crippen molar-refractivity contribution in [3.63, 3.8) is 0 Å². The molecule has 0 bridgehead atoms. The molecule has 3 rings (SSSR count). The van der Waals surface area contributed by atoms with Crippen molar-refractivity contribution in [2.45, 2.75) is 19.3 Å². The highest BCUT2D eigenvalue weighted by molar-refractivity contribution is 7.17. The second-order valence-electron chi connectivity index (χ2n) is 4.30. The summed E-state index contributed by atoms with van der Waals surface area (Å²) in [5.74, 6) is -0.936. The number of hydrogen-bond donors (Lipinski definition) is 2. The van der Waals surface area contributed by atoms with Gasteiger partial charge in [0.1, 0.15) is 4.88 Å². The maximum Gasteiger partial charge on any atom is 0.347 e. The van der Waals surface area contributed by atoms with E-state index in [2.05, 4.69) is 22.4 Å². The van der Waals surface area contributed by atoms with E-state index in [0.29, 0.717) is 5.13 Å². The summed E-state index contributed by atoms with van der Waals surface area (Å²) in [6.45, 7) is 0. The van der Waals surface area contributed by atoms with Crippen molar-refractivity contribution in [2.24, 2.45) is 0 Å². The van der Waals surface area contributed by atoms with E-state index in [1.165, 1.54) is 23.7 Å². The molecule has 0 aliphatic heterocycles. The van der Waals surface area contributed by atoms with Crippen LogP contribution in [0.25, 0.3) is 0 Å². The quantitative estimate of drug-likeness (QED) is 0.890. The second-order valence-corrected chi connectivity index (χ2v) is 5.33. The van der Waals surface area contributed by atoms with Gasteiger partial charge in [-0.25, -0.2) is 9.78 Å². The number of benzene rings is 1. The van der Waals surface area contributed by atoms with Gasteiger partial charge in [0, 0.05) is 5.69 Å². The number of hydrogen-bond acceptors (Lipinski definition) is 4. The predicted molar refractivity (Wildman–Crippen MR) is 70.8 cm³/mol. The zero-order valence-corrected chi connectivity index (χ0v) is 10.5. The average Bonchev–Trinajstić information content (AvgIpc) is 2.96. The lowest BCUT2D eigenvalue weighted by Crippen LogP contribution is -1.91. The number of nitrogens with zero attached hydrogens (tertiary/aromatic N) is 1. The van der Waals surface area contributed by atoms with Crippen molar-refractivity contribution in [3.8, 4) is 0 Å². The molecule has 0 unspecified atom stereocenters. The molecule has 0 spiro atoms. The van der Waals surface area contributed by atoms with E-state index in [-0.39, 0.29) is 4.88 Å². The van der Waals surface area contributed by atoms with Gasteiger partial charge in [0.2, 0.25) is 0 Å². The van der Waals surface area contributed by atoms with Gasteiger partial charge in [-0.1, -0.05) is 17.4 Å². The van der Waals surface area contributed by atoms with Crippen molar-refractivity contribution >= 4 is 28.1 Å². The first-order chi connectivity index (χ1) is 8.72. The summed E-state index contributed by atoms with van der Waals surface area (Å²) in [5, 5.41) is 12.6. The molecule has 92 valence electrons. The minimum atomic E-state index is -0.936. The van der Waals surface area contributed by atoms with E-state index in [4.69, 9.17) is 5.11 Å². The summed E-state index contributed by atoms with van der Waals surface area (Å²) >= 11 is 1.15. The third kappa shape index (κ3) is 2.09. The lowest BCUT2D eigenvalue weighted by atomic mass is 10.1. The summed E-state index contributed by atoms with van der Waals surface area (Å²) in [7, 11) is 0. The molecule has 0 saturated heterocycles. The van der Waals surface area contributed by atoms with Crippen molar-refractivity contribution in [1.29, 1.82) is 0 Å². The fraction of sp³-hybridized carbons (Fsp3) is 0.231. The van der Waals surface area contributed by atoms with Crippen molar-refractivity contribution in [3.05, 3.63) is 40.4 Å². The zero-order chi connectivity index (χ0) is 12.5. The minimum Gasteiger partial charge on any atom is -0.477 e. The molecule has 0 atom stereocenters. The maximum atomic E-state index is 10.8. The fourth-order valence-corrected chi connectivity index (χ4v) is 2.88. The SMILES string of the molecule is O=C(O)c1cnc(Nc2ccc3c(c2)CCC3)s1.